The van der Waals surface area contributed by atoms with Gasteiger partial charge in [-0.25, -0.2) is 13.4 Å². The molecule has 0 aromatic heterocycles. The molecule has 7 heteroatoms. The van der Waals surface area contributed by atoms with Crippen molar-refractivity contribution in [3.63, 3.8) is 0 Å². The minimum absolute atomic E-state index is 0.377. The highest BCUT2D eigenvalue weighted by Gasteiger charge is 2.14. The van der Waals surface area contributed by atoms with Crippen molar-refractivity contribution in [2.75, 3.05) is 26.0 Å². The van der Waals surface area contributed by atoms with Crippen LogP contribution < -0.4 is 10.6 Å². The summed E-state index contributed by atoms with van der Waals surface area (Å²) in [5, 5.41) is 6.57. The van der Waals surface area contributed by atoms with Gasteiger partial charge in [-0.2, -0.15) is 0 Å². The van der Waals surface area contributed by atoms with Gasteiger partial charge in [0.1, 0.15) is 0 Å². The van der Waals surface area contributed by atoms with E-state index in [-0.39, 0.29) is 0 Å². The second-order valence-corrected chi connectivity index (χ2v) is 9.11. The predicted molar refractivity (Wildman–Crippen MR) is 110 cm³/mol. The van der Waals surface area contributed by atoms with E-state index in [2.05, 4.69) is 15.6 Å². The van der Waals surface area contributed by atoms with E-state index in [0.29, 0.717) is 17.5 Å². The number of aliphatic imine (C=N–C) groups is 1. The van der Waals surface area contributed by atoms with Crippen molar-refractivity contribution in [1.29, 1.82) is 0 Å². The van der Waals surface area contributed by atoms with Gasteiger partial charge in [-0.15, -0.1) is 0 Å². The Hall–Kier alpha value is -1.60. The van der Waals surface area contributed by atoms with E-state index in [9.17, 15) is 8.42 Å². The Labute approximate surface area is 163 Å². The molecule has 27 heavy (non-hydrogen) atoms. The molecule has 1 fully saturated rings. The van der Waals surface area contributed by atoms with Crippen LogP contribution in [0.15, 0.2) is 28.1 Å². The van der Waals surface area contributed by atoms with Gasteiger partial charge in [0.25, 0.3) is 0 Å². The summed E-state index contributed by atoms with van der Waals surface area (Å²) in [5.74, 6) is 0.767. The van der Waals surface area contributed by atoms with Crippen molar-refractivity contribution in [2.45, 2.75) is 63.5 Å². The van der Waals surface area contributed by atoms with Crippen LogP contribution in [0.5, 0.6) is 0 Å². The standard InChI is InChI=1S/C20H33N3O3S/c1-4-21-20(22-12-7-13-26-18-8-5-6-9-18)23-15-17-10-11-19(16(2)14-17)27(3,24)25/h10-11,14,18H,4-9,12-13,15H2,1-3H3,(H2,21,22,23). The zero-order valence-corrected chi connectivity index (χ0v) is 17.6. The molecule has 0 spiro atoms. The van der Waals surface area contributed by atoms with Gasteiger partial charge < -0.3 is 15.4 Å². The first-order valence-corrected chi connectivity index (χ1v) is 11.7. The van der Waals surface area contributed by atoms with Crippen molar-refractivity contribution in [1.82, 2.24) is 10.6 Å². The Balaban J connectivity index is 1.82. The molecule has 1 saturated carbocycles. The van der Waals surface area contributed by atoms with Crippen molar-refractivity contribution in [3.05, 3.63) is 29.3 Å². The third-order valence-corrected chi connectivity index (χ3v) is 5.93. The molecule has 0 saturated heterocycles. The highest BCUT2D eigenvalue weighted by atomic mass is 32.2. The Kier molecular flexibility index (Phi) is 8.57. The summed E-state index contributed by atoms with van der Waals surface area (Å²) < 4.78 is 29.3. The van der Waals surface area contributed by atoms with Crippen LogP contribution in [0.1, 0.15) is 50.2 Å². The van der Waals surface area contributed by atoms with Gasteiger partial charge >= 0.3 is 0 Å². The molecule has 2 N–H and O–H groups in total. The van der Waals surface area contributed by atoms with Crippen LogP contribution in [-0.2, 0) is 21.1 Å². The summed E-state index contributed by atoms with van der Waals surface area (Å²) >= 11 is 0. The second kappa shape index (κ2) is 10.7. The Morgan fingerprint density at radius 1 is 1.26 bits per heavy atom. The summed E-state index contributed by atoms with van der Waals surface area (Å²) in [6.07, 6.45) is 7.64. The minimum Gasteiger partial charge on any atom is -0.378 e. The average molecular weight is 396 g/mol. The van der Waals surface area contributed by atoms with E-state index in [4.69, 9.17) is 4.74 Å². The smallest absolute Gasteiger partial charge is 0.191 e. The van der Waals surface area contributed by atoms with Crippen molar-refractivity contribution in [2.24, 2.45) is 4.99 Å². The molecule has 0 heterocycles. The number of nitrogens with zero attached hydrogens (tertiary/aromatic N) is 1. The fourth-order valence-electron chi connectivity index (χ4n) is 3.32. The van der Waals surface area contributed by atoms with E-state index in [1.807, 2.05) is 26.0 Å². The Morgan fingerprint density at radius 2 is 2.00 bits per heavy atom. The third-order valence-electron chi connectivity index (χ3n) is 4.67. The lowest BCUT2D eigenvalue weighted by Crippen LogP contribution is -2.38. The van der Waals surface area contributed by atoms with Crippen LogP contribution in [0.25, 0.3) is 0 Å². The number of ether oxygens (including phenoxy) is 1. The summed E-state index contributed by atoms with van der Waals surface area (Å²) in [6, 6.07) is 5.38. The molecule has 1 aliphatic rings. The molecule has 0 aliphatic heterocycles. The maximum absolute atomic E-state index is 11.7. The fourth-order valence-corrected chi connectivity index (χ4v) is 4.28. The molecule has 0 atom stereocenters. The highest BCUT2D eigenvalue weighted by molar-refractivity contribution is 7.90. The lowest BCUT2D eigenvalue weighted by molar-refractivity contribution is 0.0574. The summed E-state index contributed by atoms with van der Waals surface area (Å²) in [6.45, 7) is 6.73. The Morgan fingerprint density at radius 3 is 2.63 bits per heavy atom. The largest absolute Gasteiger partial charge is 0.378 e. The summed E-state index contributed by atoms with van der Waals surface area (Å²) in [4.78, 5) is 4.97. The van der Waals surface area contributed by atoms with E-state index in [1.54, 1.807) is 6.07 Å². The average Bonchev–Trinajstić information content (AvgIpc) is 3.11. The number of hydrogen-bond acceptors (Lipinski definition) is 4. The quantitative estimate of drug-likeness (QED) is 0.382. The number of sulfone groups is 1. The number of benzene rings is 1. The molecule has 1 aromatic rings. The molecular formula is C20H33N3O3S. The molecular weight excluding hydrogens is 362 g/mol. The van der Waals surface area contributed by atoms with Crippen LogP contribution in [-0.4, -0.2) is 46.4 Å². The minimum atomic E-state index is -3.19. The third kappa shape index (κ3) is 7.50. The van der Waals surface area contributed by atoms with Crippen molar-refractivity contribution < 1.29 is 13.2 Å². The molecule has 0 amide bonds. The van der Waals surface area contributed by atoms with Crippen LogP contribution in [0.4, 0.5) is 0 Å². The van der Waals surface area contributed by atoms with Gasteiger partial charge in [0.05, 0.1) is 17.5 Å². The Bertz CT molecular complexity index is 726. The molecule has 0 unspecified atom stereocenters. The molecule has 152 valence electrons. The lowest BCUT2D eigenvalue weighted by atomic mass is 10.1. The number of guanidine groups is 1. The fraction of sp³-hybridized carbons (Fsp3) is 0.650. The maximum Gasteiger partial charge on any atom is 0.191 e. The van der Waals surface area contributed by atoms with E-state index in [1.165, 1.54) is 31.9 Å². The molecule has 2 rings (SSSR count). The normalized spacial score (nSPS) is 15.9. The second-order valence-electron chi connectivity index (χ2n) is 7.12. The predicted octanol–water partition coefficient (Wildman–Crippen LogP) is 2.80. The van der Waals surface area contributed by atoms with E-state index >= 15 is 0 Å². The topological polar surface area (TPSA) is 79.8 Å². The SMILES string of the molecule is CCNC(=NCc1ccc(S(C)(=O)=O)c(C)c1)NCCCOC1CCCC1. The van der Waals surface area contributed by atoms with Gasteiger partial charge in [-0.1, -0.05) is 25.0 Å². The summed E-state index contributed by atoms with van der Waals surface area (Å²) in [7, 11) is -3.19. The zero-order valence-electron chi connectivity index (χ0n) is 16.8. The summed E-state index contributed by atoms with van der Waals surface area (Å²) in [5.41, 5.74) is 1.74. The number of hydrogen-bond donors (Lipinski definition) is 2. The van der Waals surface area contributed by atoms with Crippen LogP contribution in [0.3, 0.4) is 0 Å². The molecule has 1 aliphatic carbocycles. The van der Waals surface area contributed by atoms with Crippen molar-refractivity contribution in [3.8, 4) is 0 Å². The molecule has 1 aromatic carbocycles. The first-order valence-electron chi connectivity index (χ1n) is 9.83. The van der Waals surface area contributed by atoms with Crippen LogP contribution in [0.2, 0.25) is 0 Å². The van der Waals surface area contributed by atoms with Gasteiger partial charge in [0, 0.05) is 26.0 Å². The first kappa shape index (κ1) is 21.7. The van der Waals surface area contributed by atoms with Gasteiger partial charge in [-0.05, 0) is 50.3 Å². The monoisotopic (exact) mass is 395 g/mol. The van der Waals surface area contributed by atoms with E-state index < -0.39 is 9.84 Å². The zero-order chi connectivity index (χ0) is 19.7. The lowest BCUT2D eigenvalue weighted by Gasteiger charge is -2.13. The maximum atomic E-state index is 11.7. The van der Waals surface area contributed by atoms with E-state index in [0.717, 1.165) is 43.2 Å². The molecule has 0 bridgehead atoms. The molecule has 0 radical (unpaired) electrons. The first-order chi connectivity index (χ1) is 12.9. The van der Waals surface area contributed by atoms with Gasteiger partial charge in [0.2, 0.25) is 0 Å². The molecule has 6 nitrogen and oxygen atoms in total. The van der Waals surface area contributed by atoms with Gasteiger partial charge in [0.15, 0.2) is 15.8 Å². The van der Waals surface area contributed by atoms with Crippen LogP contribution >= 0.6 is 0 Å². The number of aryl methyl sites for hydroxylation is 1. The highest BCUT2D eigenvalue weighted by Crippen LogP contribution is 2.20. The van der Waals surface area contributed by atoms with Crippen molar-refractivity contribution >= 4 is 15.8 Å². The van der Waals surface area contributed by atoms with Gasteiger partial charge in [-0.3, -0.25) is 0 Å². The number of rotatable bonds is 9. The van der Waals surface area contributed by atoms with Crippen LogP contribution in [0, 0.1) is 6.92 Å². The number of nitrogens with one attached hydrogen (secondary N) is 2.